The summed E-state index contributed by atoms with van der Waals surface area (Å²) in [5.41, 5.74) is -1.00. The van der Waals surface area contributed by atoms with E-state index in [-0.39, 0.29) is 23.8 Å². The third kappa shape index (κ3) is 5.36. The Morgan fingerprint density at radius 1 is 1.45 bits per heavy atom. The first kappa shape index (κ1) is 16.7. The number of carbonyl (C=O) groups is 1. The van der Waals surface area contributed by atoms with Gasteiger partial charge in [-0.15, -0.1) is 0 Å². The Morgan fingerprint density at radius 3 is 2.65 bits per heavy atom. The van der Waals surface area contributed by atoms with Gasteiger partial charge in [-0.2, -0.15) is 13.2 Å². The Morgan fingerprint density at radius 2 is 2.10 bits per heavy atom. The minimum absolute atomic E-state index is 0.0156. The van der Waals surface area contributed by atoms with E-state index in [1.807, 2.05) is 0 Å². The molecule has 0 spiro atoms. The Labute approximate surface area is 118 Å². The summed E-state index contributed by atoms with van der Waals surface area (Å²) in [6.07, 6.45) is -5.13. The molecule has 1 amide bonds. The molecule has 3 N–H and O–H groups in total. The summed E-state index contributed by atoms with van der Waals surface area (Å²) < 4.78 is 37.6. The average molecular weight is 311 g/mol. The molecule has 112 valence electrons. The molecular weight excluding hydrogens is 297 g/mol. The second-order valence-electron chi connectivity index (χ2n) is 4.22. The maximum Gasteiger partial charge on any atom is 0.416 e. The molecule has 0 radical (unpaired) electrons. The van der Waals surface area contributed by atoms with Gasteiger partial charge in [0.2, 0.25) is 5.91 Å². The van der Waals surface area contributed by atoms with Gasteiger partial charge in [-0.25, -0.2) is 0 Å². The van der Waals surface area contributed by atoms with Crippen molar-refractivity contribution in [2.45, 2.75) is 19.2 Å². The lowest BCUT2D eigenvalue weighted by atomic mass is 10.2. The molecule has 8 heteroatoms. The van der Waals surface area contributed by atoms with Crippen LogP contribution in [0.3, 0.4) is 0 Å². The van der Waals surface area contributed by atoms with Gasteiger partial charge in [-0.3, -0.25) is 4.79 Å². The van der Waals surface area contributed by atoms with Crippen molar-refractivity contribution in [2.24, 2.45) is 0 Å². The summed E-state index contributed by atoms with van der Waals surface area (Å²) in [6, 6.07) is 2.68. The summed E-state index contributed by atoms with van der Waals surface area (Å²) in [5, 5.41) is 13.9. The van der Waals surface area contributed by atoms with Crippen LogP contribution in [0, 0.1) is 0 Å². The van der Waals surface area contributed by atoms with Crippen LogP contribution in [-0.4, -0.2) is 30.2 Å². The number of alkyl halides is 3. The van der Waals surface area contributed by atoms with E-state index in [2.05, 4.69) is 10.6 Å². The number of carbonyl (C=O) groups excluding carboxylic acids is 1. The maximum atomic E-state index is 12.5. The van der Waals surface area contributed by atoms with Crippen LogP contribution in [0.5, 0.6) is 0 Å². The second-order valence-corrected chi connectivity index (χ2v) is 4.63. The third-order valence-corrected chi connectivity index (χ3v) is 2.62. The second kappa shape index (κ2) is 6.92. The van der Waals surface area contributed by atoms with E-state index in [9.17, 15) is 18.0 Å². The zero-order valence-corrected chi connectivity index (χ0v) is 11.3. The van der Waals surface area contributed by atoms with Crippen molar-refractivity contribution in [3.05, 3.63) is 28.8 Å². The molecule has 1 aromatic carbocycles. The number of anilines is 1. The highest BCUT2D eigenvalue weighted by atomic mass is 35.5. The molecule has 0 aliphatic rings. The lowest BCUT2D eigenvalue weighted by Gasteiger charge is -2.12. The molecule has 0 saturated carbocycles. The van der Waals surface area contributed by atoms with E-state index in [0.29, 0.717) is 0 Å². The highest BCUT2D eigenvalue weighted by molar-refractivity contribution is 6.33. The normalized spacial score (nSPS) is 13.1. The van der Waals surface area contributed by atoms with Crippen molar-refractivity contribution in [1.29, 1.82) is 0 Å². The predicted molar refractivity (Wildman–Crippen MR) is 69.6 cm³/mol. The Kier molecular flexibility index (Phi) is 5.79. The maximum absolute atomic E-state index is 12.5. The number of hydrogen-bond acceptors (Lipinski definition) is 3. The number of halogens is 4. The van der Waals surface area contributed by atoms with E-state index in [1.54, 1.807) is 0 Å². The number of hydrogen-bond donors (Lipinski definition) is 3. The van der Waals surface area contributed by atoms with Gasteiger partial charge in [0.05, 0.1) is 28.9 Å². The smallest absolute Gasteiger partial charge is 0.392 e. The fraction of sp³-hybridized carbons (Fsp3) is 0.417. The first-order valence-corrected chi connectivity index (χ1v) is 6.13. The van der Waals surface area contributed by atoms with Crippen molar-refractivity contribution in [3.8, 4) is 0 Å². The van der Waals surface area contributed by atoms with Crippen LogP contribution < -0.4 is 10.6 Å². The molecule has 0 aromatic heterocycles. The monoisotopic (exact) mass is 310 g/mol. The Hall–Kier alpha value is -1.31. The average Bonchev–Trinajstić information content (AvgIpc) is 2.30. The van der Waals surface area contributed by atoms with Crippen LogP contribution in [0.25, 0.3) is 0 Å². The molecule has 1 aromatic rings. The Balaban J connectivity index is 2.69. The molecule has 0 bridgehead atoms. The molecule has 0 fully saturated rings. The summed E-state index contributed by atoms with van der Waals surface area (Å²) >= 11 is 5.73. The minimum Gasteiger partial charge on any atom is -0.392 e. The van der Waals surface area contributed by atoms with Crippen LogP contribution in [-0.2, 0) is 11.0 Å². The van der Waals surface area contributed by atoms with Crippen molar-refractivity contribution in [3.63, 3.8) is 0 Å². The lowest BCUT2D eigenvalue weighted by molar-refractivity contribution is -0.137. The van der Waals surface area contributed by atoms with E-state index in [1.165, 1.54) is 6.92 Å². The fourth-order valence-electron chi connectivity index (χ4n) is 1.39. The number of nitrogens with one attached hydrogen (secondary N) is 2. The third-order valence-electron chi connectivity index (χ3n) is 2.29. The molecule has 1 rings (SSSR count). The summed E-state index contributed by atoms with van der Waals surface area (Å²) in [4.78, 5) is 11.5. The van der Waals surface area contributed by atoms with E-state index < -0.39 is 23.8 Å². The van der Waals surface area contributed by atoms with Crippen LogP contribution >= 0.6 is 11.6 Å². The summed E-state index contributed by atoms with van der Waals surface area (Å²) in [7, 11) is 0. The van der Waals surface area contributed by atoms with Crippen molar-refractivity contribution in [1.82, 2.24) is 5.32 Å². The van der Waals surface area contributed by atoms with Crippen LogP contribution in [0.1, 0.15) is 12.5 Å². The largest absolute Gasteiger partial charge is 0.416 e. The molecule has 0 saturated heterocycles. The number of aliphatic hydroxyl groups excluding tert-OH is 1. The highest BCUT2D eigenvalue weighted by Gasteiger charge is 2.31. The highest BCUT2D eigenvalue weighted by Crippen LogP contribution is 2.33. The number of benzene rings is 1. The first-order chi connectivity index (χ1) is 9.20. The van der Waals surface area contributed by atoms with Gasteiger partial charge in [-0.05, 0) is 25.1 Å². The SMILES string of the molecule is CC(O)CNCC(=O)Nc1cc(C(F)(F)F)ccc1Cl. The summed E-state index contributed by atoms with van der Waals surface area (Å²) in [5.74, 6) is -0.549. The van der Waals surface area contributed by atoms with E-state index in [0.717, 1.165) is 18.2 Å². The first-order valence-electron chi connectivity index (χ1n) is 5.75. The van der Waals surface area contributed by atoms with Gasteiger partial charge in [0.1, 0.15) is 0 Å². The van der Waals surface area contributed by atoms with Gasteiger partial charge >= 0.3 is 6.18 Å². The standard InChI is InChI=1S/C12H14ClF3N2O2/c1-7(19)5-17-6-11(20)18-10-4-8(12(14,15)16)2-3-9(10)13/h2-4,7,17,19H,5-6H2,1H3,(H,18,20). The molecule has 0 heterocycles. The number of amides is 1. The number of aliphatic hydroxyl groups is 1. The summed E-state index contributed by atoms with van der Waals surface area (Å²) in [6.45, 7) is 1.59. The molecule has 20 heavy (non-hydrogen) atoms. The fourth-order valence-corrected chi connectivity index (χ4v) is 1.55. The molecule has 1 atom stereocenters. The molecule has 1 unspecified atom stereocenters. The number of rotatable bonds is 5. The topological polar surface area (TPSA) is 61.4 Å². The van der Waals surface area contributed by atoms with Gasteiger partial charge in [-0.1, -0.05) is 11.6 Å². The van der Waals surface area contributed by atoms with Crippen LogP contribution in [0.4, 0.5) is 18.9 Å². The predicted octanol–water partition coefficient (Wildman–Crippen LogP) is 2.27. The van der Waals surface area contributed by atoms with Gasteiger partial charge < -0.3 is 15.7 Å². The van der Waals surface area contributed by atoms with Crippen LogP contribution in [0.15, 0.2) is 18.2 Å². The van der Waals surface area contributed by atoms with Crippen LogP contribution in [0.2, 0.25) is 5.02 Å². The zero-order valence-electron chi connectivity index (χ0n) is 10.6. The minimum atomic E-state index is -4.51. The molecule has 0 aliphatic heterocycles. The zero-order chi connectivity index (χ0) is 15.3. The van der Waals surface area contributed by atoms with Crippen molar-refractivity contribution < 1.29 is 23.1 Å². The van der Waals surface area contributed by atoms with E-state index in [4.69, 9.17) is 16.7 Å². The van der Waals surface area contributed by atoms with Gasteiger partial charge in [0.15, 0.2) is 0 Å². The van der Waals surface area contributed by atoms with Crippen molar-refractivity contribution in [2.75, 3.05) is 18.4 Å². The lowest BCUT2D eigenvalue weighted by Crippen LogP contribution is -2.32. The van der Waals surface area contributed by atoms with Crippen molar-refractivity contribution >= 4 is 23.2 Å². The van der Waals surface area contributed by atoms with Gasteiger partial charge in [0.25, 0.3) is 0 Å². The quantitative estimate of drug-likeness (QED) is 0.782. The molecule has 0 aliphatic carbocycles. The Bertz CT molecular complexity index is 478. The van der Waals surface area contributed by atoms with E-state index >= 15 is 0 Å². The van der Waals surface area contributed by atoms with Gasteiger partial charge in [0, 0.05) is 6.54 Å². The molecular formula is C12H14ClF3N2O2. The molecule has 4 nitrogen and oxygen atoms in total.